The second-order valence-corrected chi connectivity index (χ2v) is 16.6. The molecule has 17 nitrogen and oxygen atoms in total. The van der Waals surface area contributed by atoms with Crippen LogP contribution in [0.4, 0.5) is 14.6 Å². The largest absolute Gasteiger partial charge is 0.404 e. The third-order valence-electron chi connectivity index (χ3n) is 12.6. The minimum atomic E-state index is -3.02. The quantitative estimate of drug-likeness (QED) is 0.0930. The maximum Gasteiger partial charge on any atom is 0.329 e. The molecule has 5 fully saturated rings. The van der Waals surface area contributed by atoms with Crippen LogP contribution in [0.1, 0.15) is 62.4 Å². The lowest BCUT2D eigenvalue weighted by atomic mass is 9.86. The van der Waals surface area contributed by atoms with Gasteiger partial charge in [-0.15, -0.1) is 0 Å². The Balaban J connectivity index is 0.808. The number of ether oxygens (including phenoxy) is 1. The van der Waals surface area contributed by atoms with Gasteiger partial charge in [0.05, 0.1) is 59.2 Å². The van der Waals surface area contributed by atoms with Crippen LogP contribution in [0.2, 0.25) is 0 Å². The number of fused-ring (bicyclic) bond motifs is 3. The number of carbonyl (C=O) groups excluding carboxylic acids is 3. The highest BCUT2D eigenvalue weighted by Gasteiger charge is 2.40. The van der Waals surface area contributed by atoms with Gasteiger partial charge in [0.2, 0.25) is 11.8 Å². The summed E-state index contributed by atoms with van der Waals surface area (Å²) in [5.41, 5.74) is 12.1. The van der Waals surface area contributed by atoms with Gasteiger partial charge in [-0.2, -0.15) is 0 Å². The number of nitrogens with two attached hydrogens (primary N) is 2. The maximum atomic E-state index is 13.9. The van der Waals surface area contributed by atoms with Crippen molar-refractivity contribution in [3.8, 4) is 11.8 Å². The number of imidazole rings is 1. The Labute approximate surface area is 357 Å². The van der Waals surface area contributed by atoms with Gasteiger partial charge in [-0.1, -0.05) is 17.9 Å². The summed E-state index contributed by atoms with van der Waals surface area (Å²) >= 11 is 0. The number of hydrogen-bond donors (Lipinski definition) is 4. The van der Waals surface area contributed by atoms with Crippen molar-refractivity contribution in [2.45, 2.75) is 75.6 Å². The molecule has 1 aliphatic carbocycles. The number of aliphatic imine (C=N–C) groups is 1. The van der Waals surface area contributed by atoms with E-state index >= 15 is 0 Å². The first kappa shape index (κ1) is 42.7. The minimum Gasteiger partial charge on any atom is -0.404 e. The fourth-order valence-corrected chi connectivity index (χ4v) is 9.22. The molecule has 0 spiro atoms. The zero-order chi connectivity index (χ0) is 43.5. The van der Waals surface area contributed by atoms with Crippen LogP contribution in [-0.2, 0) is 26.2 Å². The Morgan fingerprint density at radius 2 is 1.87 bits per heavy atom. The third-order valence-corrected chi connectivity index (χ3v) is 12.6. The van der Waals surface area contributed by atoms with Gasteiger partial charge in [-0.25, -0.2) is 23.5 Å². The molecule has 4 aliphatic heterocycles. The number of aryl methyl sites for hydroxylation is 1. The highest BCUT2D eigenvalue weighted by molar-refractivity contribution is 6.19. The number of imide groups is 1. The second-order valence-electron chi connectivity index (χ2n) is 16.6. The van der Waals surface area contributed by atoms with E-state index in [0.29, 0.717) is 48.0 Å². The molecule has 5 aliphatic rings. The lowest BCUT2D eigenvalue weighted by molar-refractivity contribution is -0.135. The molecule has 328 valence electrons. The maximum absolute atomic E-state index is 13.9. The summed E-state index contributed by atoms with van der Waals surface area (Å²) in [5.74, 6) is 6.14. The predicted octanol–water partition coefficient (Wildman–Crippen LogP) is 1.24. The SMILES string of the molecule is Cn1c(=O)n(C2CCC(=O)NC2=O)c2cccc(C#CCN3CCN(CC4CCC(N=CC(NC(=O)C(=CN)c5nccc(N6C[C@@H]7C[C@H]6CO7)n5)=C(N)C(F)F)CC4)CC3)c21. The van der Waals surface area contributed by atoms with Crippen LogP contribution in [-0.4, -0.2) is 130 Å². The number of piperazine rings is 1. The van der Waals surface area contributed by atoms with E-state index in [1.54, 1.807) is 19.2 Å². The van der Waals surface area contributed by atoms with E-state index in [2.05, 4.69) is 52.1 Å². The number of hydrogen-bond acceptors (Lipinski definition) is 13. The highest BCUT2D eigenvalue weighted by atomic mass is 19.3. The lowest BCUT2D eigenvalue weighted by Gasteiger charge is -2.37. The van der Waals surface area contributed by atoms with Crippen molar-refractivity contribution in [3.05, 3.63) is 69.9 Å². The molecule has 3 aromatic rings. The van der Waals surface area contributed by atoms with Crippen LogP contribution in [0.15, 0.2) is 57.8 Å². The molecule has 4 saturated heterocycles. The van der Waals surface area contributed by atoms with E-state index in [0.717, 1.165) is 71.0 Å². The molecule has 62 heavy (non-hydrogen) atoms. The Kier molecular flexibility index (Phi) is 12.8. The summed E-state index contributed by atoms with van der Waals surface area (Å²) in [7, 11) is 1.67. The summed E-state index contributed by atoms with van der Waals surface area (Å²) < 4.78 is 36.4. The molecule has 6 N–H and O–H groups in total. The van der Waals surface area contributed by atoms with E-state index < -0.39 is 30.0 Å². The number of amides is 3. The van der Waals surface area contributed by atoms with Crippen LogP contribution in [0.5, 0.6) is 0 Å². The Hall–Kier alpha value is -5.97. The van der Waals surface area contributed by atoms with Gasteiger partial charge in [0.25, 0.3) is 12.3 Å². The molecule has 3 atom stereocenters. The minimum absolute atomic E-state index is 0.0630. The molecule has 0 radical (unpaired) electrons. The number of para-hydroxylation sites is 1. The topological polar surface area (TPSA) is 211 Å². The van der Waals surface area contributed by atoms with Crippen LogP contribution in [0, 0.1) is 17.8 Å². The zero-order valence-electron chi connectivity index (χ0n) is 34.6. The van der Waals surface area contributed by atoms with Crippen molar-refractivity contribution in [2.75, 3.05) is 57.3 Å². The monoisotopic (exact) mass is 854 g/mol. The second kappa shape index (κ2) is 18.6. The molecular formula is C43H52F2N12O5. The lowest BCUT2D eigenvalue weighted by Crippen LogP contribution is -2.48. The first-order valence-electron chi connectivity index (χ1n) is 21.2. The van der Waals surface area contributed by atoms with Crippen LogP contribution >= 0.6 is 0 Å². The predicted molar refractivity (Wildman–Crippen MR) is 228 cm³/mol. The van der Waals surface area contributed by atoms with Gasteiger partial charge in [-0.3, -0.25) is 38.7 Å². The summed E-state index contributed by atoms with van der Waals surface area (Å²) in [6.45, 7) is 6.35. The molecule has 1 unspecified atom stereocenters. The fourth-order valence-electron chi connectivity index (χ4n) is 9.22. The molecule has 1 saturated carbocycles. The number of carbonyl (C=O) groups is 3. The highest BCUT2D eigenvalue weighted by Crippen LogP contribution is 2.32. The van der Waals surface area contributed by atoms with E-state index in [-0.39, 0.29) is 59.7 Å². The van der Waals surface area contributed by atoms with Crippen molar-refractivity contribution >= 4 is 46.4 Å². The van der Waals surface area contributed by atoms with Crippen LogP contribution in [0.25, 0.3) is 16.6 Å². The number of benzene rings is 1. The summed E-state index contributed by atoms with van der Waals surface area (Å²) in [5, 5.41) is 4.83. The molecule has 8 rings (SSSR count). The molecule has 2 aromatic heterocycles. The number of allylic oxidation sites excluding steroid dienone is 2. The van der Waals surface area contributed by atoms with E-state index in [9.17, 15) is 28.0 Å². The van der Waals surface area contributed by atoms with Crippen molar-refractivity contribution < 1.29 is 27.9 Å². The van der Waals surface area contributed by atoms with Gasteiger partial charge in [0, 0.05) is 71.3 Å². The van der Waals surface area contributed by atoms with Crippen molar-refractivity contribution in [3.63, 3.8) is 0 Å². The van der Waals surface area contributed by atoms with E-state index in [4.69, 9.17) is 16.2 Å². The Morgan fingerprint density at radius 3 is 2.56 bits per heavy atom. The number of nitrogens with zero attached hydrogens (tertiary/aromatic N) is 8. The first-order valence-corrected chi connectivity index (χ1v) is 21.2. The smallest absolute Gasteiger partial charge is 0.329 e. The van der Waals surface area contributed by atoms with Crippen molar-refractivity contribution in [1.82, 2.24) is 39.5 Å². The molecule has 6 heterocycles. The average molecular weight is 855 g/mol. The van der Waals surface area contributed by atoms with Gasteiger partial charge >= 0.3 is 5.69 Å². The average Bonchev–Trinajstić information content (AvgIpc) is 3.98. The zero-order valence-corrected chi connectivity index (χ0v) is 34.6. The number of anilines is 1. The summed E-state index contributed by atoms with van der Waals surface area (Å²) in [6.07, 6.45) is 5.71. The molecule has 1 aromatic carbocycles. The number of rotatable bonds is 11. The molecule has 2 bridgehead atoms. The van der Waals surface area contributed by atoms with Crippen molar-refractivity contribution in [2.24, 2.45) is 29.4 Å². The number of morpholine rings is 1. The van der Waals surface area contributed by atoms with Gasteiger partial charge < -0.3 is 31.3 Å². The Morgan fingerprint density at radius 1 is 1.10 bits per heavy atom. The number of aromatic nitrogens is 4. The third kappa shape index (κ3) is 9.13. The fraction of sp³-hybridized carbons (Fsp3) is 0.512. The van der Waals surface area contributed by atoms with Gasteiger partial charge in [0.15, 0.2) is 5.82 Å². The van der Waals surface area contributed by atoms with Crippen LogP contribution in [0.3, 0.4) is 0 Å². The van der Waals surface area contributed by atoms with Crippen molar-refractivity contribution in [1.29, 1.82) is 0 Å². The normalized spacial score (nSPS) is 25.3. The molecule has 19 heteroatoms. The Bertz CT molecular complexity index is 2420. The molecule has 3 amide bonds. The first-order chi connectivity index (χ1) is 30.0. The van der Waals surface area contributed by atoms with Gasteiger partial charge in [-0.05, 0) is 62.6 Å². The van der Waals surface area contributed by atoms with E-state index in [1.165, 1.54) is 21.5 Å². The number of alkyl halides is 2. The summed E-state index contributed by atoms with van der Waals surface area (Å²) in [4.78, 5) is 71.3. The number of halogens is 2. The number of nitrogens with one attached hydrogen (secondary N) is 2. The van der Waals surface area contributed by atoms with E-state index in [1.807, 2.05) is 12.1 Å². The standard InChI is InChI=1S/C43H52F2N12O5/c1-53-38-27(4-2-6-33(38)57(43(53)61)34-11-12-36(58)52-42(34)60)5-3-15-54-16-18-55(19-17-54)23-26-7-9-28(10-8-26)49-22-32(37(47)39(44)45)50-41(59)31(21-46)40-48-14-13-35(51-40)56-24-30-20-29(56)25-62-30/h2,4,6,13-14,21-22,26,28-30,34,39H,7-12,15-20,23-25,46-47H2,1H3,(H,50,59)(H,52,58,60)/t26?,28?,29-,30-,34?/m0/s1. The summed E-state index contributed by atoms with van der Waals surface area (Å²) in [6, 6.07) is 6.58. The van der Waals surface area contributed by atoms with Gasteiger partial charge in [0.1, 0.15) is 17.6 Å². The van der Waals surface area contributed by atoms with Crippen LogP contribution < -0.4 is 32.7 Å². The molecular weight excluding hydrogens is 803 g/mol. The number of piperidine rings is 1.